The third-order valence-electron chi connectivity index (χ3n) is 3.55. The van der Waals surface area contributed by atoms with Gasteiger partial charge in [0.2, 0.25) is 0 Å². The summed E-state index contributed by atoms with van der Waals surface area (Å²) < 4.78 is 0. The number of hydrogen-bond donors (Lipinski definition) is 0. The zero-order valence-corrected chi connectivity index (χ0v) is 12.8. The third kappa shape index (κ3) is 3.36. The van der Waals surface area contributed by atoms with E-state index in [0.29, 0.717) is 11.3 Å². The lowest BCUT2D eigenvalue weighted by molar-refractivity contribution is 0.112. The highest BCUT2D eigenvalue weighted by Crippen LogP contribution is 2.21. The van der Waals surface area contributed by atoms with Crippen LogP contribution in [-0.4, -0.2) is 11.3 Å². The van der Waals surface area contributed by atoms with Crippen molar-refractivity contribution in [2.75, 3.05) is 0 Å². The lowest BCUT2D eigenvalue weighted by Crippen LogP contribution is -1.98. The fourth-order valence-electron chi connectivity index (χ4n) is 2.34. The van der Waals surface area contributed by atoms with Gasteiger partial charge < -0.3 is 0 Å². The molecule has 0 atom stereocenters. The molecule has 0 bridgehead atoms. The monoisotopic (exact) mass is 297 g/mol. The van der Waals surface area contributed by atoms with Gasteiger partial charge in [0.1, 0.15) is 5.69 Å². The van der Waals surface area contributed by atoms with Crippen LogP contribution in [0.1, 0.15) is 27.2 Å². The van der Waals surface area contributed by atoms with E-state index in [1.807, 2.05) is 73.7 Å². The number of carbonyl (C=O) groups excluding carboxylic acids is 1. The molecule has 2 heteroatoms. The molecule has 0 aliphatic heterocycles. The highest BCUT2D eigenvalue weighted by Gasteiger charge is 2.09. The summed E-state index contributed by atoms with van der Waals surface area (Å²) in [5.74, 6) is 6.11. The summed E-state index contributed by atoms with van der Waals surface area (Å²) in [5, 5.41) is 0. The van der Waals surface area contributed by atoms with E-state index in [9.17, 15) is 4.79 Å². The Hall–Kier alpha value is -3.18. The molecule has 0 radical (unpaired) electrons. The smallest absolute Gasteiger partial charge is 0.153 e. The Morgan fingerprint density at radius 1 is 0.913 bits per heavy atom. The van der Waals surface area contributed by atoms with Crippen molar-refractivity contribution in [1.82, 2.24) is 4.98 Å². The van der Waals surface area contributed by atoms with Gasteiger partial charge in [-0.15, -0.1) is 0 Å². The minimum absolute atomic E-state index is 0.516. The average molecular weight is 297 g/mol. The van der Waals surface area contributed by atoms with Crippen LogP contribution in [0.2, 0.25) is 0 Å². The first-order valence-electron chi connectivity index (χ1n) is 7.37. The van der Waals surface area contributed by atoms with Crippen molar-refractivity contribution in [2.45, 2.75) is 6.92 Å². The minimum Gasteiger partial charge on any atom is -0.298 e. The molecule has 2 nitrogen and oxygen atoms in total. The zero-order valence-electron chi connectivity index (χ0n) is 12.8. The molecule has 2 aromatic carbocycles. The van der Waals surface area contributed by atoms with Gasteiger partial charge in [0.15, 0.2) is 6.29 Å². The third-order valence-corrected chi connectivity index (χ3v) is 3.55. The van der Waals surface area contributed by atoms with Crippen LogP contribution in [0.25, 0.3) is 11.3 Å². The van der Waals surface area contributed by atoms with Crippen LogP contribution in [0.4, 0.5) is 0 Å². The maximum Gasteiger partial charge on any atom is 0.153 e. The summed E-state index contributed by atoms with van der Waals surface area (Å²) in [6.45, 7) is 1.91. The Morgan fingerprint density at radius 3 is 2.22 bits per heavy atom. The Bertz CT molecular complexity index is 888. The maximum atomic E-state index is 11.4. The summed E-state index contributed by atoms with van der Waals surface area (Å²) in [7, 11) is 0. The first-order valence-corrected chi connectivity index (χ1v) is 7.37. The number of pyridine rings is 1. The van der Waals surface area contributed by atoms with Crippen LogP contribution in [0.3, 0.4) is 0 Å². The molecule has 1 aromatic heterocycles. The number of rotatable bonds is 2. The molecule has 0 fully saturated rings. The van der Waals surface area contributed by atoms with Gasteiger partial charge in [-0.2, -0.15) is 0 Å². The maximum absolute atomic E-state index is 11.4. The largest absolute Gasteiger partial charge is 0.298 e. The number of aryl methyl sites for hydroxylation is 1. The fraction of sp³-hybridized carbons (Fsp3) is 0.0476. The molecule has 0 spiro atoms. The highest BCUT2D eigenvalue weighted by molar-refractivity contribution is 5.82. The van der Waals surface area contributed by atoms with Gasteiger partial charge in [-0.25, -0.2) is 4.98 Å². The van der Waals surface area contributed by atoms with E-state index in [1.165, 1.54) is 0 Å². The Morgan fingerprint density at radius 2 is 1.57 bits per heavy atom. The van der Waals surface area contributed by atoms with Gasteiger partial charge in [-0.05, 0) is 36.6 Å². The van der Waals surface area contributed by atoms with E-state index in [0.717, 1.165) is 28.7 Å². The predicted octanol–water partition coefficient (Wildman–Crippen LogP) is 4.27. The second-order valence-electron chi connectivity index (χ2n) is 5.19. The molecule has 110 valence electrons. The van der Waals surface area contributed by atoms with Crippen molar-refractivity contribution >= 4 is 6.29 Å². The van der Waals surface area contributed by atoms with Gasteiger partial charge in [0, 0.05) is 11.1 Å². The molecule has 0 amide bonds. The van der Waals surface area contributed by atoms with E-state index in [2.05, 4.69) is 16.8 Å². The van der Waals surface area contributed by atoms with Crippen molar-refractivity contribution in [3.63, 3.8) is 0 Å². The highest BCUT2D eigenvalue weighted by atomic mass is 16.1. The van der Waals surface area contributed by atoms with Crippen molar-refractivity contribution in [2.24, 2.45) is 0 Å². The Labute approximate surface area is 135 Å². The quantitative estimate of drug-likeness (QED) is 0.522. The summed E-state index contributed by atoms with van der Waals surface area (Å²) >= 11 is 0. The van der Waals surface area contributed by atoms with Crippen LogP contribution < -0.4 is 0 Å². The van der Waals surface area contributed by atoms with Gasteiger partial charge in [0.25, 0.3) is 0 Å². The van der Waals surface area contributed by atoms with Gasteiger partial charge in [-0.3, -0.25) is 4.79 Å². The minimum atomic E-state index is 0.516. The normalized spacial score (nSPS) is 9.78. The lowest BCUT2D eigenvalue weighted by Gasteiger charge is -2.06. The summed E-state index contributed by atoms with van der Waals surface area (Å²) in [6, 6.07) is 21.5. The van der Waals surface area contributed by atoms with Crippen molar-refractivity contribution in [1.29, 1.82) is 0 Å². The number of aldehydes is 1. The van der Waals surface area contributed by atoms with E-state index >= 15 is 0 Å². The molecule has 3 aromatic rings. The van der Waals surface area contributed by atoms with E-state index in [-0.39, 0.29) is 0 Å². The van der Waals surface area contributed by atoms with Crippen LogP contribution in [-0.2, 0) is 0 Å². The number of carbonyl (C=O) groups is 1. The van der Waals surface area contributed by atoms with Gasteiger partial charge in [0.05, 0.1) is 11.3 Å². The van der Waals surface area contributed by atoms with Crippen molar-refractivity contribution in [3.05, 3.63) is 89.1 Å². The molecular weight excluding hydrogens is 282 g/mol. The number of benzene rings is 2. The molecule has 3 rings (SSSR count). The lowest BCUT2D eigenvalue weighted by atomic mass is 10.0. The molecule has 0 aliphatic carbocycles. The van der Waals surface area contributed by atoms with E-state index in [1.54, 1.807) is 0 Å². The van der Waals surface area contributed by atoms with Gasteiger partial charge in [-0.1, -0.05) is 54.5 Å². The first kappa shape index (κ1) is 14.7. The molecular formula is C21H15NO. The summed E-state index contributed by atoms with van der Waals surface area (Å²) in [6.07, 6.45) is 0.826. The van der Waals surface area contributed by atoms with Crippen molar-refractivity contribution < 1.29 is 4.79 Å². The number of aromatic nitrogens is 1. The molecule has 0 N–H and O–H groups in total. The number of nitrogens with zero attached hydrogens (tertiary/aromatic N) is 1. The standard InChI is InChI=1S/C21H15NO/c1-16-14-21(18-10-6-3-7-11-18)22-20(19(16)15-23)13-12-17-8-4-2-5-9-17/h2-11,14-15H,1H3. The summed E-state index contributed by atoms with van der Waals surface area (Å²) in [5.41, 5.74) is 4.68. The molecule has 0 saturated carbocycles. The summed E-state index contributed by atoms with van der Waals surface area (Å²) in [4.78, 5) is 16.0. The fourth-order valence-corrected chi connectivity index (χ4v) is 2.34. The van der Waals surface area contributed by atoms with Crippen LogP contribution >= 0.6 is 0 Å². The average Bonchev–Trinajstić information content (AvgIpc) is 2.61. The molecule has 0 unspecified atom stereocenters. The first-order chi connectivity index (χ1) is 11.3. The van der Waals surface area contributed by atoms with Crippen molar-refractivity contribution in [3.8, 4) is 23.1 Å². The van der Waals surface area contributed by atoms with Gasteiger partial charge >= 0.3 is 0 Å². The Balaban J connectivity index is 2.10. The van der Waals surface area contributed by atoms with Crippen LogP contribution in [0, 0.1) is 18.8 Å². The van der Waals surface area contributed by atoms with Crippen LogP contribution in [0.15, 0.2) is 66.7 Å². The molecule has 1 heterocycles. The molecule has 0 aliphatic rings. The SMILES string of the molecule is Cc1cc(-c2ccccc2)nc(C#Cc2ccccc2)c1C=O. The predicted molar refractivity (Wildman–Crippen MR) is 92.2 cm³/mol. The van der Waals surface area contributed by atoms with E-state index in [4.69, 9.17) is 0 Å². The zero-order chi connectivity index (χ0) is 16.1. The second kappa shape index (κ2) is 6.72. The topological polar surface area (TPSA) is 30.0 Å². The van der Waals surface area contributed by atoms with E-state index < -0.39 is 0 Å². The second-order valence-corrected chi connectivity index (χ2v) is 5.19. The Kier molecular flexibility index (Phi) is 4.31. The number of hydrogen-bond acceptors (Lipinski definition) is 2. The molecule has 0 saturated heterocycles. The molecule has 23 heavy (non-hydrogen) atoms. The van der Waals surface area contributed by atoms with Crippen LogP contribution in [0.5, 0.6) is 0 Å².